The molecule has 8 heteroatoms. The summed E-state index contributed by atoms with van der Waals surface area (Å²) in [6.07, 6.45) is 3.92. The van der Waals surface area contributed by atoms with Crippen molar-refractivity contribution in [1.82, 2.24) is 20.4 Å². The average molecular weight is 397 g/mol. The molecule has 1 saturated heterocycles. The first-order valence-electron chi connectivity index (χ1n) is 10.3. The van der Waals surface area contributed by atoms with Gasteiger partial charge in [0, 0.05) is 31.1 Å². The summed E-state index contributed by atoms with van der Waals surface area (Å²) in [4.78, 5) is 27.2. The molecule has 3 amide bonds. The summed E-state index contributed by atoms with van der Waals surface area (Å²) in [6.45, 7) is 3.29. The van der Waals surface area contributed by atoms with Crippen molar-refractivity contribution in [1.29, 1.82) is 0 Å². The normalized spacial score (nSPS) is 27.4. The number of aromatic nitrogens is 2. The summed E-state index contributed by atoms with van der Waals surface area (Å²) in [5, 5.41) is 10.1. The molecular weight excluding hydrogens is 373 g/mol. The molecule has 0 bridgehead atoms. The summed E-state index contributed by atoms with van der Waals surface area (Å²) in [5.41, 5.74) is 2.18. The van der Waals surface area contributed by atoms with Crippen LogP contribution in [0, 0.1) is 11.7 Å². The average Bonchev–Trinajstić information content (AvgIpc) is 3.07. The number of nitrogens with zero attached hydrogens (tertiary/aromatic N) is 3. The topological polar surface area (TPSA) is 79.3 Å². The van der Waals surface area contributed by atoms with E-state index in [1.165, 1.54) is 6.07 Å². The Labute approximate surface area is 168 Å². The maximum atomic E-state index is 13.4. The zero-order valence-electron chi connectivity index (χ0n) is 16.3. The summed E-state index contributed by atoms with van der Waals surface area (Å²) in [6, 6.07) is 5.94. The predicted octanol–water partition coefficient (Wildman–Crippen LogP) is 2.17. The Morgan fingerprint density at radius 2 is 2.17 bits per heavy atom. The molecule has 1 saturated carbocycles. The fourth-order valence-corrected chi connectivity index (χ4v) is 4.97. The summed E-state index contributed by atoms with van der Waals surface area (Å²) >= 11 is 0. The lowest BCUT2D eigenvalue weighted by Crippen LogP contribution is -2.55. The van der Waals surface area contributed by atoms with Crippen molar-refractivity contribution in [3.8, 4) is 0 Å². The Hall–Kier alpha value is -2.90. The van der Waals surface area contributed by atoms with E-state index in [2.05, 4.69) is 15.7 Å². The van der Waals surface area contributed by atoms with Crippen LogP contribution in [0.4, 0.5) is 15.0 Å². The van der Waals surface area contributed by atoms with Gasteiger partial charge >= 0.3 is 6.03 Å². The van der Waals surface area contributed by atoms with Gasteiger partial charge in [-0.15, -0.1) is 0 Å². The van der Waals surface area contributed by atoms with Gasteiger partial charge in [-0.05, 0) is 55.4 Å². The van der Waals surface area contributed by atoms with Crippen LogP contribution >= 0.6 is 0 Å². The number of benzene rings is 1. The SMILES string of the molecule is CCn1nccc1N1CCCC(NC(=O)NC2C3Cc4cc(F)ccc4C32)C1=O. The van der Waals surface area contributed by atoms with Crippen LogP contribution < -0.4 is 15.5 Å². The number of anilines is 1. The third-order valence-electron chi connectivity index (χ3n) is 6.40. The lowest BCUT2D eigenvalue weighted by molar-refractivity contribution is -0.121. The molecular formula is C21H24FN5O2. The standard InChI is InChI=1S/C21H24FN5O2/c1-2-27-17(7-8-23-27)26-9-3-4-16(20(26)28)24-21(29)25-19-15-11-12-10-13(22)5-6-14(12)18(15)19/h5-8,10,15-16,18-19H,2-4,9,11H2,1H3,(H2,24,25,29). The van der Waals surface area contributed by atoms with Gasteiger partial charge in [-0.1, -0.05) is 6.07 Å². The molecule has 152 valence electrons. The van der Waals surface area contributed by atoms with Crippen molar-refractivity contribution in [3.05, 3.63) is 47.4 Å². The number of carbonyl (C=O) groups excluding carboxylic acids is 2. The van der Waals surface area contributed by atoms with Crippen LogP contribution in [0.25, 0.3) is 0 Å². The second-order valence-corrected chi connectivity index (χ2v) is 8.07. The number of nitrogens with one attached hydrogen (secondary N) is 2. The van der Waals surface area contributed by atoms with Gasteiger partial charge < -0.3 is 10.6 Å². The van der Waals surface area contributed by atoms with E-state index < -0.39 is 6.04 Å². The first-order valence-corrected chi connectivity index (χ1v) is 10.3. The molecule has 5 rings (SSSR count). The quantitative estimate of drug-likeness (QED) is 0.830. The van der Waals surface area contributed by atoms with Crippen LogP contribution in [0.1, 0.15) is 36.8 Å². The van der Waals surface area contributed by atoms with E-state index in [9.17, 15) is 14.0 Å². The highest BCUT2D eigenvalue weighted by Gasteiger charge is 2.56. The van der Waals surface area contributed by atoms with Gasteiger partial charge in [0.25, 0.3) is 5.91 Å². The molecule has 3 aliphatic rings. The van der Waals surface area contributed by atoms with Gasteiger partial charge in [0.15, 0.2) is 0 Å². The minimum absolute atomic E-state index is 0.0595. The highest BCUT2D eigenvalue weighted by atomic mass is 19.1. The Morgan fingerprint density at radius 3 is 3.00 bits per heavy atom. The Balaban J connectivity index is 1.21. The van der Waals surface area contributed by atoms with E-state index in [0.717, 1.165) is 29.8 Å². The largest absolute Gasteiger partial charge is 0.334 e. The molecule has 7 nitrogen and oxygen atoms in total. The maximum absolute atomic E-state index is 13.4. The smallest absolute Gasteiger partial charge is 0.315 e. The van der Waals surface area contributed by atoms with E-state index in [1.54, 1.807) is 21.8 Å². The van der Waals surface area contributed by atoms with E-state index in [4.69, 9.17) is 0 Å². The van der Waals surface area contributed by atoms with Crippen molar-refractivity contribution in [3.63, 3.8) is 0 Å². The molecule has 1 aromatic heterocycles. The molecule has 1 aliphatic heterocycles. The second-order valence-electron chi connectivity index (χ2n) is 8.07. The molecule has 2 aliphatic carbocycles. The van der Waals surface area contributed by atoms with Gasteiger partial charge in [-0.25, -0.2) is 13.9 Å². The van der Waals surface area contributed by atoms with Crippen molar-refractivity contribution < 1.29 is 14.0 Å². The van der Waals surface area contributed by atoms with Crippen LogP contribution in [0.15, 0.2) is 30.5 Å². The fourth-order valence-electron chi connectivity index (χ4n) is 4.97. The van der Waals surface area contributed by atoms with Gasteiger partial charge in [0.05, 0.1) is 6.20 Å². The minimum Gasteiger partial charge on any atom is -0.334 e. The summed E-state index contributed by atoms with van der Waals surface area (Å²) in [7, 11) is 0. The van der Waals surface area contributed by atoms with E-state index in [0.29, 0.717) is 25.4 Å². The first kappa shape index (κ1) is 18.1. The number of hydrogen-bond acceptors (Lipinski definition) is 3. The van der Waals surface area contributed by atoms with E-state index >= 15 is 0 Å². The maximum Gasteiger partial charge on any atom is 0.315 e. The number of aryl methyl sites for hydroxylation is 1. The van der Waals surface area contributed by atoms with Crippen LogP contribution in [-0.4, -0.2) is 40.3 Å². The fraction of sp³-hybridized carbons (Fsp3) is 0.476. The highest BCUT2D eigenvalue weighted by molar-refractivity contribution is 5.99. The lowest BCUT2D eigenvalue weighted by Gasteiger charge is -2.32. The summed E-state index contributed by atoms with van der Waals surface area (Å²) < 4.78 is 15.2. The first-order chi connectivity index (χ1) is 14.1. The van der Waals surface area contributed by atoms with Gasteiger partial charge in [-0.3, -0.25) is 9.69 Å². The number of hydrogen-bond donors (Lipinski definition) is 2. The third-order valence-corrected chi connectivity index (χ3v) is 6.40. The molecule has 29 heavy (non-hydrogen) atoms. The molecule has 2 heterocycles. The summed E-state index contributed by atoms with van der Waals surface area (Å²) in [5.74, 6) is 1.05. The molecule has 0 radical (unpaired) electrons. The Bertz CT molecular complexity index is 974. The van der Waals surface area contributed by atoms with Crippen LogP contribution in [0.3, 0.4) is 0 Å². The predicted molar refractivity (Wildman–Crippen MR) is 105 cm³/mol. The second kappa shape index (κ2) is 6.86. The lowest BCUT2D eigenvalue weighted by atomic mass is 10.0. The molecule has 2 N–H and O–H groups in total. The Morgan fingerprint density at radius 1 is 1.31 bits per heavy atom. The monoisotopic (exact) mass is 397 g/mol. The van der Waals surface area contributed by atoms with Crippen LogP contribution in [0.2, 0.25) is 0 Å². The zero-order valence-corrected chi connectivity index (χ0v) is 16.3. The molecule has 4 atom stereocenters. The van der Waals surface area contributed by atoms with Crippen LogP contribution in [0.5, 0.6) is 0 Å². The molecule has 1 aromatic carbocycles. The van der Waals surface area contributed by atoms with Crippen molar-refractivity contribution in [2.45, 2.75) is 50.7 Å². The highest BCUT2D eigenvalue weighted by Crippen LogP contribution is 2.56. The number of fused-ring (bicyclic) bond motifs is 3. The molecule has 2 aromatic rings. The van der Waals surface area contributed by atoms with Gasteiger partial charge in [-0.2, -0.15) is 5.10 Å². The van der Waals surface area contributed by atoms with Crippen molar-refractivity contribution in [2.75, 3.05) is 11.4 Å². The Kier molecular flexibility index (Phi) is 4.29. The number of halogens is 1. The van der Waals surface area contributed by atoms with Crippen molar-refractivity contribution in [2.24, 2.45) is 5.92 Å². The molecule has 0 spiro atoms. The number of amides is 3. The van der Waals surface area contributed by atoms with E-state index in [1.807, 2.05) is 19.1 Å². The van der Waals surface area contributed by atoms with Crippen LogP contribution in [-0.2, 0) is 17.8 Å². The number of carbonyl (C=O) groups is 2. The number of rotatable bonds is 4. The minimum atomic E-state index is -0.538. The van der Waals surface area contributed by atoms with Gasteiger partial charge in [0.1, 0.15) is 17.7 Å². The number of urea groups is 1. The third kappa shape index (κ3) is 3.07. The number of piperidine rings is 1. The zero-order chi connectivity index (χ0) is 20.1. The van der Waals surface area contributed by atoms with Gasteiger partial charge in [0.2, 0.25) is 0 Å². The molecule has 2 fully saturated rings. The van der Waals surface area contributed by atoms with Crippen molar-refractivity contribution >= 4 is 17.8 Å². The molecule has 4 unspecified atom stereocenters. The van der Waals surface area contributed by atoms with E-state index in [-0.39, 0.29) is 29.7 Å².